The molecule has 0 aromatic carbocycles. The molecule has 0 aliphatic carbocycles. The van der Waals surface area contributed by atoms with E-state index in [1.165, 1.54) is 26.1 Å². The molecule has 0 bridgehead atoms. The van der Waals surface area contributed by atoms with Crippen LogP contribution >= 0.6 is 0 Å². The van der Waals surface area contributed by atoms with Crippen molar-refractivity contribution in [3.8, 4) is 0 Å². The molecule has 0 fully saturated rings. The summed E-state index contributed by atoms with van der Waals surface area (Å²) < 4.78 is 13.3. The maximum Gasteiger partial charge on any atom is 0.334 e. The molecule has 0 radical (unpaired) electrons. The number of carboxylic acid groups (broad SMARTS) is 2. The topological polar surface area (TPSA) is 99.5 Å². The van der Waals surface area contributed by atoms with Crippen molar-refractivity contribution < 1.29 is 24.2 Å². The van der Waals surface area contributed by atoms with E-state index in [9.17, 15) is 24.2 Å². The van der Waals surface area contributed by atoms with Crippen molar-refractivity contribution in [1.82, 2.24) is 10.3 Å². The van der Waals surface area contributed by atoms with Gasteiger partial charge in [0, 0.05) is 17.6 Å². The average molecular weight is 292 g/mol. The van der Waals surface area contributed by atoms with Crippen molar-refractivity contribution in [2.45, 2.75) is 19.8 Å². The Labute approximate surface area is 119 Å². The normalized spacial score (nSPS) is 16.0. The van der Waals surface area contributed by atoms with Gasteiger partial charge in [-0.2, -0.15) is 4.39 Å². The minimum atomic E-state index is -1.26. The Kier molecular flexibility index (Phi) is 3.75. The summed E-state index contributed by atoms with van der Waals surface area (Å²) in [6, 6.07) is 2.45. The summed E-state index contributed by atoms with van der Waals surface area (Å²) in [6.07, 6.45) is 1.18. The molecule has 2 rings (SSSR count). The molecule has 1 aliphatic heterocycles. The van der Waals surface area contributed by atoms with Crippen LogP contribution < -0.4 is 5.32 Å². The molecule has 7 heteroatoms. The lowest BCUT2D eigenvalue weighted by atomic mass is 9.81. The Bertz CT molecular complexity index is 658. The Morgan fingerprint density at radius 1 is 1.19 bits per heavy atom. The van der Waals surface area contributed by atoms with Gasteiger partial charge in [-0.3, -0.25) is 0 Å². The molecule has 0 saturated heterocycles. The molecule has 2 heterocycles. The summed E-state index contributed by atoms with van der Waals surface area (Å²) in [7, 11) is 0. The predicted octanol–water partition coefficient (Wildman–Crippen LogP) is 1.62. The van der Waals surface area contributed by atoms with Gasteiger partial charge in [0.05, 0.1) is 17.1 Å². The first-order valence-corrected chi connectivity index (χ1v) is 6.09. The van der Waals surface area contributed by atoms with Crippen LogP contribution in [0.2, 0.25) is 0 Å². The number of rotatable bonds is 3. The highest BCUT2D eigenvalue weighted by Crippen LogP contribution is 2.38. The van der Waals surface area contributed by atoms with E-state index in [2.05, 4.69) is 10.3 Å². The molecule has 0 atom stereocenters. The van der Waals surface area contributed by atoms with Gasteiger partial charge in [-0.15, -0.1) is 0 Å². The minimum absolute atomic E-state index is 0.122. The third-order valence-corrected chi connectivity index (χ3v) is 3.31. The SMILES string of the molecule is CC1=C(C(=O)O)C(c2ccnc(F)c2)C(C(=O)O)=C(C)N1. The zero-order chi connectivity index (χ0) is 15.7. The van der Waals surface area contributed by atoms with E-state index in [-0.39, 0.29) is 16.7 Å². The van der Waals surface area contributed by atoms with Crippen molar-refractivity contribution in [3.63, 3.8) is 0 Å². The number of carboxylic acids is 2. The number of carbonyl (C=O) groups is 2. The lowest BCUT2D eigenvalue weighted by Gasteiger charge is -2.28. The number of aromatic nitrogens is 1. The van der Waals surface area contributed by atoms with Crippen LogP contribution in [0.25, 0.3) is 0 Å². The first-order valence-electron chi connectivity index (χ1n) is 6.09. The Hall–Kier alpha value is -2.70. The molecule has 110 valence electrons. The third-order valence-electron chi connectivity index (χ3n) is 3.31. The number of dihydropyridines is 1. The largest absolute Gasteiger partial charge is 0.478 e. The van der Waals surface area contributed by atoms with E-state index in [1.807, 2.05) is 0 Å². The second kappa shape index (κ2) is 5.35. The maximum atomic E-state index is 13.3. The number of hydrogen-bond acceptors (Lipinski definition) is 4. The quantitative estimate of drug-likeness (QED) is 0.732. The van der Waals surface area contributed by atoms with Crippen molar-refractivity contribution in [1.29, 1.82) is 0 Å². The van der Waals surface area contributed by atoms with Crippen LogP contribution in [-0.4, -0.2) is 27.1 Å². The second-order valence-electron chi connectivity index (χ2n) is 4.66. The lowest BCUT2D eigenvalue weighted by Crippen LogP contribution is -2.31. The van der Waals surface area contributed by atoms with Gasteiger partial charge in [0.2, 0.25) is 5.95 Å². The molecule has 1 aliphatic rings. The highest BCUT2D eigenvalue weighted by Gasteiger charge is 2.36. The molecule has 21 heavy (non-hydrogen) atoms. The van der Waals surface area contributed by atoms with E-state index in [0.717, 1.165) is 6.07 Å². The highest BCUT2D eigenvalue weighted by molar-refractivity contribution is 5.98. The molecule has 6 nitrogen and oxygen atoms in total. The smallest absolute Gasteiger partial charge is 0.334 e. The summed E-state index contributed by atoms with van der Waals surface area (Å²) in [6.45, 7) is 3.08. The van der Waals surface area contributed by atoms with E-state index in [1.54, 1.807) is 0 Å². The standard InChI is InChI=1S/C14H13FN2O4/c1-6-10(13(18)19)12(8-3-4-16-9(15)5-8)11(14(20)21)7(2)17-6/h3-5,12,17H,1-2H3,(H,18,19)(H,20,21). The average Bonchev–Trinajstić information content (AvgIpc) is 2.36. The van der Waals surface area contributed by atoms with Gasteiger partial charge < -0.3 is 15.5 Å². The van der Waals surface area contributed by atoms with E-state index < -0.39 is 23.8 Å². The summed E-state index contributed by atoms with van der Waals surface area (Å²) in [4.78, 5) is 26.4. The molecular weight excluding hydrogens is 279 g/mol. The van der Waals surface area contributed by atoms with Gasteiger partial charge in [-0.25, -0.2) is 14.6 Å². The number of hydrogen-bond donors (Lipinski definition) is 3. The summed E-state index contributed by atoms with van der Waals surface area (Å²) in [5.74, 6) is -4.36. The van der Waals surface area contributed by atoms with Gasteiger partial charge in [-0.1, -0.05) is 0 Å². The van der Waals surface area contributed by atoms with E-state index >= 15 is 0 Å². The fraction of sp³-hybridized carbons (Fsp3) is 0.214. The third kappa shape index (κ3) is 2.62. The van der Waals surface area contributed by atoms with Crippen molar-refractivity contribution in [2.24, 2.45) is 0 Å². The number of aliphatic carboxylic acids is 2. The number of allylic oxidation sites excluding steroid dienone is 2. The van der Waals surface area contributed by atoms with Gasteiger partial charge in [0.25, 0.3) is 0 Å². The van der Waals surface area contributed by atoms with Gasteiger partial charge in [-0.05, 0) is 31.5 Å². The zero-order valence-corrected chi connectivity index (χ0v) is 11.3. The van der Waals surface area contributed by atoms with Crippen LogP contribution in [-0.2, 0) is 9.59 Å². The van der Waals surface area contributed by atoms with Crippen LogP contribution in [0.5, 0.6) is 0 Å². The highest BCUT2D eigenvalue weighted by atomic mass is 19.1. The van der Waals surface area contributed by atoms with E-state index in [4.69, 9.17) is 0 Å². The van der Waals surface area contributed by atoms with Crippen LogP contribution in [0.4, 0.5) is 4.39 Å². The monoisotopic (exact) mass is 292 g/mol. The second-order valence-corrected chi connectivity index (χ2v) is 4.66. The molecule has 0 amide bonds. The molecule has 3 N–H and O–H groups in total. The van der Waals surface area contributed by atoms with E-state index in [0.29, 0.717) is 11.4 Å². The van der Waals surface area contributed by atoms with Crippen LogP contribution in [0.1, 0.15) is 25.3 Å². The zero-order valence-electron chi connectivity index (χ0n) is 11.3. The molecule has 0 unspecified atom stereocenters. The Balaban J connectivity index is 2.70. The van der Waals surface area contributed by atoms with Crippen molar-refractivity contribution in [2.75, 3.05) is 0 Å². The Morgan fingerprint density at radius 3 is 2.14 bits per heavy atom. The van der Waals surface area contributed by atoms with Crippen molar-refractivity contribution >= 4 is 11.9 Å². The summed E-state index contributed by atoms with van der Waals surface area (Å²) >= 11 is 0. The van der Waals surface area contributed by atoms with Crippen molar-refractivity contribution in [3.05, 3.63) is 52.4 Å². The molecular formula is C14H13FN2O4. The number of nitrogens with one attached hydrogen (secondary N) is 1. The number of pyridine rings is 1. The molecule has 0 spiro atoms. The van der Waals surface area contributed by atoms with Crippen LogP contribution in [0.15, 0.2) is 40.9 Å². The summed E-state index contributed by atoms with van der Waals surface area (Å²) in [5.41, 5.74) is 0.643. The lowest BCUT2D eigenvalue weighted by molar-refractivity contribution is -0.133. The van der Waals surface area contributed by atoms with Gasteiger partial charge >= 0.3 is 11.9 Å². The maximum absolute atomic E-state index is 13.3. The van der Waals surface area contributed by atoms with Gasteiger partial charge in [0.15, 0.2) is 0 Å². The minimum Gasteiger partial charge on any atom is -0.478 e. The summed E-state index contributed by atoms with van der Waals surface area (Å²) in [5, 5.41) is 21.5. The number of halogens is 1. The Morgan fingerprint density at radius 2 is 1.71 bits per heavy atom. The molecule has 1 aromatic rings. The van der Waals surface area contributed by atoms with Crippen LogP contribution in [0.3, 0.4) is 0 Å². The fourth-order valence-electron chi connectivity index (χ4n) is 2.49. The fourth-order valence-corrected chi connectivity index (χ4v) is 2.49. The van der Waals surface area contributed by atoms with Gasteiger partial charge in [0.1, 0.15) is 0 Å². The van der Waals surface area contributed by atoms with Crippen LogP contribution in [0, 0.1) is 5.95 Å². The first-order chi connectivity index (χ1) is 9.82. The first kappa shape index (κ1) is 14.7. The molecule has 1 aromatic heterocycles. The number of nitrogens with zero attached hydrogens (tertiary/aromatic N) is 1. The molecule has 0 saturated carbocycles. The predicted molar refractivity (Wildman–Crippen MR) is 70.7 cm³/mol.